The van der Waals surface area contributed by atoms with Crippen molar-refractivity contribution in [3.8, 4) is 5.75 Å². The molecule has 0 aromatic heterocycles. The van der Waals surface area contributed by atoms with Crippen LogP contribution in [0.1, 0.15) is 30.9 Å². The van der Waals surface area contributed by atoms with Gasteiger partial charge < -0.3 is 9.47 Å². The molecule has 0 aliphatic rings. The number of ether oxygens (including phenoxy) is 2. The zero-order valence-electron chi connectivity index (χ0n) is 10.6. The van der Waals surface area contributed by atoms with Gasteiger partial charge in [-0.2, -0.15) is 0 Å². The first-order valence-corrected chi connectivity index (χ1v) is 5.93. The molecular weight excluding hydrogens is 236 g/mol. The normalized spacial score (nSPS) is 10.5. The Hall–Kier alpha value is -1.16. The van der Waals surface area contributed by atoms with Gasteiger partial charge in [0.25, 0.3) is 0 Å². The van der Waals surface area contributed by atoms with Crippen LogP contribution in [0, 0.1) is 6.92 Å². The van der Waals surface area contributed by atoms with Crippen molar-refractivity contribution in [3.05, 3.63) is 23.3 Å². The highest BCUT2D eigenvalue weighted by Gasteiger charge is 2.12. The van der Waals surface area contributed by atoms with E-state index >= 15 is 0 Å². The van der Waals surface area contributed by atoms with Crippen LogP contribution in [-0.2, 0) is 9.53 Å². The van der Waals surface area contributed by atoms with Gasteiger partial charge in [0.15, 0.2) is 6.61 Å². The second kappa shape index (κ2) is 5.96. The van der Waals surface area contributed by atoms with Crippen LogP contribution in [-0.4, -0.2) is 19.7 Å². The Balaban J connectivity index is 2.96. The van der Waals surface area contributed by atoms with Crippen LogP contribution >= 0.6 is 12.6 Å². The predicted octanol–water partition coefficient (Wildman–Crippen LogP) is 2.96. The first kappa shape index (κ1) is 13.9. The van der Waals surface area contributed by atoms with E-state index < -0.39 is 0 Å². The fourth-order valence-corrected chi connectivity index (χ4v) is 1.66. The van der Waals surface area contributed by atoms with Gasteiger partial charge in [-0.05, 0) is 36.1 Å². The molecule has 0 radical (unpaired) electrons. The molecule has 0 fully saturated rings. The van der Waals surface area contributed by atoms with E-state index in [1.54, 1.807) is 0 Å². The average molecular weight is 254 g/mol. The van der Waals surface area contributed by atoms with Crippen LogP contribution in [0.4, 0.5) is 0 Å². The van der Waals surface area contributed by atoms with Crippen molar-refractivity contribution in [2.24, 2.45) is 0 Å². The van der Waals surface area contributed by atoms with Crippen molar-refractivity contribution in [2.45, 2.75) is 31.6 Å². The SMILES string of the molecule is COC(=O)COc1cc(C)c(S)cc1C(C)C. The van der Waals surface area contributed by atoms with Gasteiger partial charge in [-0.1, -0.05) is 13.8 Å². The quantitative estimate of drug-likeness (QED) is 0.663. The van der Waals surface area contributed by atoms with Crippen LogP contribution in [0.3, 0.4) is 0 Å². The number of carbonyl (C=O) groups is 1. The molecule has 4 heteroatoms. The smallest absolute Gasteiger partial charge is 0.343 e. The average Bonchev–Trinajstić information content (AvgIpc) is 2.29. The molecule has 0 N–H and O–H groups in total. The zero-order chi connectivity index (χ0) is 13.0. The topological polar surface area (TPSA) is 35.5 Å². The molecule has 1 aromatic carbocycles. The van der Waals surface area contributed by atoms with E-state index in [1.807, 2.05) is 19.1 Å². The van der Waals surface area contributed by atoms with Gasteiger partial charge in [-0.15, -0.1) is 12.6 Å². The second-order valence-corrected chi connectivity index (χ2v) is 4.68. The molecule has 1 rings (SSSR count). The maximum atomic E-state index is 11.1. The molecule has 0 aliphatic heterocycles. The highest BCUT2D eigenvalue weighted by molar-refractivity contribution is 7.80. The molecular formula is C13H18O3S. The first-order chi connectivity index (χ1) is 7.95. The zero-order valence-corrected chi connectivity index (χ0v) is 11.5. The highest BCUT2D eigenvalue weighted by Crippen LogP contribution is 2.31. The summed E-state index contributed by atoms with van der Waals surface area (Å²) in [5, 5.41) is 0. The van der Waals surface area contributed by atoms with E-state index in [2.05, 4.69) is 31.2 Å². The lowest BCUT2D eigenvalue weighted by atomic mass is 10.0. The summed E-state index contributed by atoms with van der Waals surface area (Å²) in [6.07, 6.45) is 0. The molecule has 0 aliphatic carbocycles. The molecule has 0 heterocycles. The summed E-state index contributed by atoms with van der Waals surface area (Å²) in [5.41, 5.74) is 2.07. The van der Waals surface area contributed by atoms with Crippen LogP contribution in [0.2, 0.25) is 0 Å². The minimum atomic E-state index is -0.382. The Morgan fingerprint density at radius 3 is 2.59 bits per heavy atom. The number of methoxy groups -OCH3 is 1. The molecule has 3 nitrogen and oxygen atoms in total. The largest absolute Gasteiger partial charge is 0.482 e. The van der Waals surface area contributed by atoms with Crippen LogP contribution < -0.4 is 4.74 Å². The number of thiol groups is 1. The lowest BCUT2D eigenvalue weighted by Crippen LogP contribution is -2.13. The van der Waals surface area contributed by atoms with Gasteiger partial charge in [0, 0.05) is 4.90 Å². The Morgan fingerprint density at radius 1 is 1.41 bits per heavy atom. The molecule has 0 amide bonds. The summed E-state index contributed by atoms with van der Waals surface area (Å²) in [7, 11) is 1.34. The summed E-state index contributed by atoms with van der Waals surface area (Å²) < 4.78 is 10.0. The lowest BCUT2D eigenvalue weighted by Gasteiger charge is -2.15. The van der Waals surface area contributed by atoms with E-state index in [9.17, 15) is 4.79 Å². The van der Waals surface area contributed by atoms with Crippen LogP contribution in [0.15, 0.2) is 17.0 Å². The van der Waals surface area contributed by atoms with Crippen molar-refractivity contribution in [3.63, 3.8) is 0 Å². The fraction of sp³-hybridized carbons (Fsp3) is 0.462. The number of benzene rings is 1. The fourth-order valence-electron chi connectivity index (χ4n) is 1.46. The van der Waals surface area contributed by atoms with E-state index in [-0.39, 0.29) is 12.6 Å². The molecule has 0 saturated heterocycles. The first-order valence-electron chi connectivity index (χ1n) is 5.48. The Labute approximate surface area is 108 Å². The summed E-state index contributed by atoms with van der Waals surface area (Å²) in [5.74, 6) is 0.655. The van der Waals surface area contributed by atoms with Gasteiger partial charge in [0.05, 0.1) is 7.11 Å². The Bertz CT molecular complexity index is 413. The number of rotatable bonds is 4. The van der Waals surface area contributed by atoms with Crippen molar-refractivity contribution >= 4 is 18.6 Å². The van der Waals surface area contributed by atoms with Crippen molar-refractivity contribution in [1.82, 2.24) is 0 Å². The Kier molecular flexibility index (Phi) is 4.87. The summed E-state index contributed by atoms with van der Waals surface area (Å²) in [6.45, 7) is 6.03. The monoisotopic (exact) mass is 254 g/mol. The molecule has 0 spiro atoms. The third kappa shape index (κ3) is 3.66. The van der Waals surface area contributed by atoms with Gasteiger partial charge >= 0.3 is 5.97 Å². The third-order valence-corrected chi connectivity index (χ3v) is 3.01. The molecule has 1 aromatic rings. The van der Waals surface area contributed by atoms with Gasteiger partial charge in [-0.3, -0.25) is 0 Å². The standard InChI is InChI=1S/C13H18O3S/c1-8(2)10-6-12(17)9(3)5-11(10)16-7-13(14)15-4/h5-6,8,17H,7H2,1-4H3. The minimum Gasteiger partial charge on any atom is -0.482 e. The maximum Gasteiger partial charge on any atom is 0.343 e. The van der Waals surface area contributed by atoms with Crippen molar-refractivity contribution < 1.29 is 14.3 Å². The number of hydrogen-bond acceptors (Lipinski definition) is 4. The number of hydrogen-bond donors (Lipinski definition) is 1. The van der Waals surface area contributed by atoms with Crippen molar-refractivity contribution in [1.29, 1.82) is 0 Å². The van der Waals surface area contributed by atoms with Crippen LogP contribution in [0.5, 0.6) is 5.75 Å². The van der Waals surface area contributed by atoms with Crippen LogP contribution in [0.25, 0.3) is 0 Å². The summed E-state index contributed by atoms with van der Waals surface area (Å²) in [6, 6.07) is 3.89. The van der Waals surface area contributed by atoms with E-state index in [0.29, 0.717) is 5.92 Å². The number of esters is 1. The van der Waals surface area contributed by atoms with E-state index in [4.69, 9.17) is 4.74 Å². The summed E-state index contributed by atoms with van der Waals surface area (Å²) >= 11 is 4.39. The van der Waals surface area contributed by atoms with Crippen molar-refractivity contribution in [2.75, 3.05) is 13.7 Å². The Morgan fingerprint density at radius 2 is 2.06 bits per heavy atom. The van der Waals surface area contributed by atoms with Gasteiger partial charge in [-0.25, -0.2) is 4.79 Å². The van der Waals surface area contributed by atoms with Gasteiger partial charge in [0.1, 0.15) is 5.75 Å². The third-order valence-electron chi connectivity index (χ3n) is 2.52. The molecule has 0 saturated carbocycles. The number of aryl methyl sites for hydroxylation is 1. The van der Waals surface area contributed by atoms with E-state index in [1.165, 1.54) is 7.11 Å². The second-order valence-electron chi connectivity index (χ2n) is 4.20. The predicted molar refractivity (Wildman–Crippen MR) is 70.0 cm³/mol. The molecule has 94 valence electrons. The summed E-state index contributed by atoms with van der Waals surface area (Å²) in [4.78, 5) is 12.0. The minimum absolute atomic E-state index is 0.0679. The number of carbonyl (C=O) groups excluding carboxylic acids is 1. The molecule has 0 bridgehead atoms. The molecule has 0 unspecified atom stereocenters. The lowest BCUT2D eigenvalue weighted by molar-refractivity contribution is -0.142. The van der Waals surface area contributed by atoms with E-state index in [0.717, 1.165) is 21.8 Å². The molecule has 0 atom stereocenters. The van der Waals surface area contributed by atoms with Gasteiger partial charge in [0.2, 0.25) is 0 Å². The molecule has 17 heavy (non-hydrogen) atoms. The maximum absolute atomic E-state index is 11.1. The highest BCUT2D eigenvalue weighted by atomic mass is 32.1.